The van der Waals surface area contributed by atoms with E-state index in [1.54, 1.807) is 11.2 Å². The van der Waals surface area contributed by atoms with Crippen molar-refractivity contribution in [3.8, 4) is 0 Å². The van der Waals surface area contributed by atoms with E-state index in [0.717, 1.165) is 12.8 Å². The summed E-state index contributed by atoms with van der Waals surface area (Å²) in [6, 6.07) is 0.705. The highest BCUT2D eigenvalue weighted by atomic mass is 32.2. The van der Waals surface area contributed by atoms with Crippen LogP contribution in [0.1, 0.15) is 26.2 Å². The number of nitrogens with one attached hydrogen (secondary N) is 2. The molecule has 0 aliphatic carbocycles. The maximum Gasteiger partial charge on any atom is 0.279 e. The van der Waals surface area contributed by atoms with Gasteiger partial charge in [-0.15, -0.1) is 0 Å². The molecule has 2 rings (SSSR count). The van der Waals surface area contributed by atoms with Crippen LogP contribution in [-0.2, 0) is 10.2 Å². The Morgan fingerprint density at radius 3 is 2.47 bits per heavy atom. The van der Waals surface area contributed by atoms with Gasteiger partial charge < -0.3 is 5.32 Å². The molecule has 2 heterocycles. The number of piperidine rings is 1. The van der Waals surface area contributed by atoms with Crippen LogP contribution >= 0.6 is 0 Å². The summed E-state index contributed by atoms with van der Waals surface area (Å²) in [5.74, 6) is 0. The molecule has 2 N–H and O–H groups in total. The van der Waals surface area contributed by atoms with Crippen molar-refractivity contribution in [1.29, 1.82) is 0 Å². The van der Waals surface area contributed by atoms with E-state index in [1.807, 2.05) is 0 Å². The minimum absolute atomic E-state index is 0.353. The van der Waals surface area contributed by atoms with Crippen molar-refractivity contribution >= 4 is 10.2 Å². The van der Waals surface area contributed by atoms with E-state index in [2.05, 4.69) is 10.0 Å². The normalized spacial score (nSPS) is 32.9. The minimum Gasteiger partial charge on any atom is -0.309 e. The lowest BCUT2D eigenvalue weighted by molar-refractivity contribution is 0.189. The monoisotopic (exact) mass is 233 g/mol. The van der Waals surface area contributed by atoms with Gasteiger partial charge in [0, 0.05) is 31.7 Å². The van der Waals surface area contributed by atoms with Gasteiger partial charge in [0.1, 0.15) is 0 Å². The summed E-state index contributed by atoms with van der Waals surface area (Å²) in [5.41, 5.74) is 0. The zero-order valence-corrected chi connectivity index (χ0v) is 9.89. The van der Waals surface area contributed by atoms with Crippen LogP contribution < -0.4 is 10.0 Å². The second-order valence-corrected chi connectivity index (χ2v) is 6.07. The first-order valence-corrected chi connectivity index (χ1v) is 7.06. The zero-order chi connectivity index (χ0) is 10.9. The van der Waals surface area contributed by atoms with Crippen molar-refractivity contribution < 1.29 is 8.42 Å². The maximum absolute atomic E-state index is 11.8. The Morgan fingerprint density at radius 2 is 1.93 bits per heavy atom. The van der Waals surface area contributed by atoms with Crippen LogP contribution in [0.2, 0.25) is 0 Å². The van der Waals surface area contributed by atoms with Gasteiger partial charge in [0.15, 0.2) is 0 Å². The van der Waals surface area contributed by atoms with Crippen LogP contribution in [0.3, 0.4) is 0 Å². The molecule has 6 heteroatoms. The van der Waals surface area contributed by atoms with Crippen LogP contribution in [0.15, 0.2) is 0 Å². The zero-order valence-electron chi connectivity index (χ0n) is 9.07. The Morgan fingerprint density at radius 1 is 1.33 bits per heavy atom. The number of rotatable bonds is 3. The van der Waals surface area contributed by atoms with Crippen molar-refractivity contribution in [2.75, 3.05) is 19.6 Å². The summed E-state index contributed by atoms with van der Waals surface area (Å²) in [6.07, 6.45) is 3.40. The summed E-state index contributed by atoms with van der Waals surface area (Å²) in [4.78, 5) is 0. The third-order valence-electron chi connectivity index (χ3n) is 3.09. The molecule has 0 saturated carbocycles. The summed E-state index contributed by atoms with van der Waals surface area (Å²) < 4.78 is 27.7. The Hall–Kier alpha value is -0.170. The summed E-state index contributed by atoms with van der Waals surface area (Å²) in [7, 11) is -3.23. The van der Waals surface area contributed by atoms with Gasteiger partial charge >= 0.3 is 0 Å². The molecule has 0 aromatic carbocycles. The molecule has 15 heavy (non-hydrogen) atoms. The van der Waals surface area contributed by atoms with Crippen molar-refractivity contribution in [3.63, 3.8) is 0 Å². The Balaban J connectivity index is 2.05. The highest BCUT2D eigenvalue weighted by molar-refractivity contribution is 7.87. The van der Waals surface area contributed by atoms with Crippen molar-refractivity contribution in [2.24, 2.45) is 0 Å². The first kappa shape index (κ1) is 11.3. The summed E-state index contributed by atoms with van der Waals surface area (Å²) in [6.45, 7) is 3.50. The molecule has 2 unspecified atom stereocenters. The van der Waals surface area contributed by atoms with Gasteiger partial charge in [0.05, 0.1) is 0 Å². The van der Waals surface area contributed by atoms with Gasteiger partial charge in [-0.1, -0.05) is 13.3 Å². The lowest BCUT2D eigenvalue weighted by Gasteiger charge is -2.41. The minimum atomic E-state index is -3.23. The molecule has 2 saturated heterocycles. The summed E-state index contributed by atoms with van der Waals surface area (Å²) in [5, 5.41) is 3.46. The van der Waals surface area contributed by atoms with Gasteiger partial charge in [0.25, 0.3) is 10.2 Å². The average molecular weight is 233 g/mol. The molecule has 2 aliphatic rings. The molecule has 2 bridgehead atoms. The van der Waals surface area contributed by atoms with Crippen molar-refractivity contribution in [2.45, 2.75) is 38.3 Å². The molecule has 0 aromatic heterocycles. The fourth-order valence-electron chi connectivity index (χ4n) is 2.43. The number of fused-ring (bicyclic) bond motifs is 2. The molecule has 5 nitrogen and oxygen atoms in total. The molecule has 2 aliphatic heterocycles. The SMILES string of the molecule is CCNS(=O)(=O)N1CC2CCCC(C1)N2. The topological polar surface area (TPSA) is 61.4 Å². The lowest BCUT2D eigenvalue weighted by atomic mass is 9.96. The highest BCUT2D eigenvalue weighted by Crippen LogP contribution is 2.20. The van der Waals surface area contributed by atoms with Crippen LogP contribution in [-0.4, -0.2) is 44.4 Å². The highest BCUT2D eigenvalue weighted by Gasteiger charge is 2.34. The van der Waals surface area contributed by atoms with E-state index in [0.29, 0.717) is 31.7 Å². The number of hydrogen-bond donors (Lipinski definition) is 2. The molecule has 2 atom stereocenters. The van der Waals surface area contributed by atoms with Gasteiger partial charge in [-0.2, -0.15) is 12.7 Å². The molecular weight excluding hydrogens is 214 g/mol. The third-order valence-corrected chi connectivity index (χ3v) is 4.72. The Labute approximate surface area is 91.4 Å². The first-order valence-electron chi connectivity index (χ1n) is 5.62. The fourth-order valence-corrected chi connectivity index (χ4v) is 3.73. The van der Waals surface area contributed by atoms with Crippen LogP contribution in [0, 0.1) is 0 Å². The summed E-state index contributed by atoms with van der Waals surface area (Å²) >= 11 is 0. The predicted molar refractivity (Wildman–Crippen MR) is 58.7 cm³/mol. The van der Waals surface area contributed by atoms with Crippen LogP contribution in [0.5, 0.6) is 0 Å². The lowest BCUT2D eigenvalue weighted by Crippen LogP contribution is -2.61. The first-order chi connectivity index (χ1) is 7.12. The van der Waals surface area contributed by atoms with E-state index in [-0.39, 0.29) is 0 Å². The van der Waals surface area contributed by atoms with Gasteiger partial charge in [0.2, 0.25) is 0 Å². The van der Waals surface area contributed by atoms with E-state index in [1.165, 1.54) is 6.42 Å². The molecule has 0 radical (unpaired) electrons. The molecular formula is C9H19N3O2S. The van der Waals surface area contributed by atoms with Gasteiger partial charge in [-0.05, 0) is 12.8 Å². The van der Waals surface area contributed by atoms with Gasteiger partial charge in [-0.25, -0.2) is 4.72 Å². The van der Waals surface area contributed by atoms with Crippen molar-refractivity contribution in [3.05, 3.63) is 0 Å². The smallest absolute Gasteiger partial charge is 0.279 e. The van der Waals surface area contributed by atoms with Gasteiger partial charge in [-0.3, -0.25) is 0 Å². The van der Waals surface area contributed by atoms with E-state index in [9.17, 15) is 8.42 Å². The van der Waals surface area contributed by atoms with Crippen LogP contribution in [0.25, 0.3) is 0 Å². The molecule has 88 valence electrons. The van der Waals surface area contributed by atoms with Crippen LogP contribution in [0.4, 0.5) is 0 Å². The maximum atomic E-state index is 11.8. The van der Waals surface area contributed by atoms with Crippen molar-refractivity contribution in [1.82, 2.24) is 14.3 Å². The van der Waals surface area contributed by atoms with E-state index < -0.39 is 10.2 Å². The second kappa shape index (κ2) is 4.37. The standard InChI is InChI=1S/C9H19N3O2S/c1-2-10-15(13,14)12-6-8-4-3-5-9(7-12)11-8/h8-11H,2-7H2,1H3. The number of nitrogens with zero attached hydrogens (tertiary/aromatic N) is 1. The largest absolute Gasteiger partial charge is 0.309 e. The quantitative estimate of drug-likeness (QED) is 0.701. The molecule has 2 fully saturated rings. The predicted octanol–water partition coefficient (Wildman–Crippen LogP) is -0.333. The molecule has 0 aromatic rings. The van der Waals surface area contributed by atoms with E-state index in [4.69, 9.17) is 0 Å². The average Bonchev–Trinajstić information content (AvgIpc) is 2.17. The molecule has 0 amide bonds. The third kappa shape index (κ3) is 2.50. The fraction of sp³-hybridized carbons (Fsp3) is 1.00. The number of hydrogen-bond acceptors (Lipinski definition) is 3. The molecule has 0 spiro atoms. The number of piperazine rings is 1. The Kier molecular flexibility index (Phi) is 3.30. The Bertz CT molecular complexity index is 305. The second-order valence-electron chi connectivity index (χ2n) is 4.31. The van der Waals surface area contributed by atoms with E-state index >= 15 is 0 Å².